The Labute approximate surface area is 226 Å². The summed E-state index contributed by atoms with van der Waals surface area (Å²) in [6.07, 6.45) is -1.86. The van der Waals surface area contributed by atoms with E-state index in [1.54, 1.807) is 31.2 Å². The summed E-state index contributed by atoms with van der Waals surface area (Å²) in [4.78, 5) is 61.5. The number of nitrogens with zero attached hydrogens (tertiary/aromatic N) is 4. The number of nitrogens with one attached hydrogen (secondary N) is 1. The first-order valence-corrected chi connectivity index (χ1v) is 12.5. The van der Waals surface area contributed by atoms with Crippen LogP contribution in [-0.4, -0.2) is 98.8 Å². The van der Waals surface area contributed by atoms with Crippen molar-refractivity contribution < 1.29 is 34.1 Å². The Bertz CT molecular complexity index is 1250. The van der Waals surface area contributed by atoms with Gasteiger partial charge in [0, 0.05) is 44.2 Å². The molecule has 2 heterocycles. The van der Waals surface area contributed by atoms with Gasteiger partial charge in [0.05, 0.1) is 6.61 Å². The normalized spacial score (nSPS) is 14.4. The molecule has 12 heteroatoms. The molecule has 1 aromatic heterocycles. The summed E-state index contributed by atoms with van der Waals surface area (Å²) in [5.74, 6) is 3.24. The van der Waals surface area contributed by atoms with Crippen molar-refractivity contribution in [3.05, 3.63) is 47.8 Å². The van der Waals surface area contributed by atoms with Crippen LogP contribution >= 0.6 is 0 Å². The summed E-state index contributed by atoms with van der Waals surface area (Å²) in [6.45, 7) is 4.36. The van der Waals surface area contributed by atoms with Gasteiger partial charge in [0.1, 0.15) is 23.5 Å². The minimum Gasteiger partial charge on any atom is -0.481 e. The van der Waals surface area contributed by atoms with E-state index in [0.717, 1.165) is 0 Å². The van der Waals surface area contributed by atoms with Crippen LogP contribution in [0.5, 0.6) is 0 Å². The van der Waals surface area contributed by atoms with Gasteiger partial charge in [-0.2, -0.15) is 0 Å². The van der Waals surface area contributed by atoms with Crippen molar-refractivity contribution in [2.45, 2.75) is 38.8 Å². The molecule has 1 aliphatic rings. The van der Waals surface area contributed by atoms with Crippen LogP contribution < -0.4 is 5.32 Å². The molecule has 3 N–H and O–H groups in total. The molecular weight excluding hydrogens is 506 g/mol. The predicted octanol–water partition coefficient (Wildman–Crippen LogP) is 1.14. The Morgan fingerprint density at radius 1 is 1.08 bits per heavy atom. The Balaban J connectivity index is 1.82. The van der Waals surface area contributed by atoms with Crippen LogP contribution in [0.2, 0.25) is 0 Å². The van der Waals surface area contributed by atoms with Gasteiger partial charge in [-0.25, -0.2) is 14.8 Å². The molecule has 0 aliphatic carbocycles. The number of carbonyl (C=O) groups excluding carboxylic acids is 3. The fourth-order valence-corrected chi connectivity index (χ4v) is 3.82. The highest BCUT2D eigenvalue weighted by Gasteiger charge is 2.31. The van der Waals surface area contributed by atoms with Crippen LogP contribution in [0, 0.1) is 11.8 Å². The number of aliphatic hydroxyl groups is 1. The Kier molecular flexibility index (Phi) is 10.3. The number of hydrogen-bond acceptors (Lipinski definition) is 8. The van der Waals surface area contributed by atoms with E-state index >= 15 is 0 Å². The molecule has 1 aromatic carbocycles. The third-order valence-electron chi connectivity index (χ3n) is 5.77. The van der Waals surface area contributed by atoms with Gasteiger partial charge < -0.3 is 30.1 Å². The van der Waals surface area contributed by atoms with Crippen molar-refractivity contribution in [2.24, 2.45) is 0 Å². The minimum atomic E-state index is -1.13. The maximum absolute atomic E-state index is 13.3. The number of aliphatic hydroxyl groups excluding tert-OH is 1. The lowest BCUT2D eigenvalue weighted by atomic mass is 10.1. The van der Waals surface area contributed by atoms with E-state index in [1.807, 2.05) is 6.07 Å². The van der Waals surface area contributed by atoms with Crippen LogP contribution in [0.25, 0.3) is 11.4 Å². The first kappa shape index (κ1) is 29.1. The minimum absolute atomic E-state index is 0.0704. The van der Waals surface area contributed by atoms with E-state index in [-0.39, 0.29) is 62.8 Å². The van der Waals surface area contributed by atoms with Gasteiger partial charge in [-0.05, 0) is 26.2 Å². The molecule has 1 saturated heterocycles. The second-order valence-corrected chi connectivity index (χ2v) is 8.74. The van der Waals surface area contributed by atoms with E-state index in [0.29, 0.717) is 5.56 Å². The lowest BCUT2D eigenvalue weighted by molar-refractivity contribution is -0.138. The highest BCUT2D eigenvalue weighted by molar-refractivity contribution is 5.96. The number of benzene rings is 1. The van der Waals surface area contributed by atoms with E-state index < -0.39 is 36.0 Å². The Morgan fingerprint density at radius 2 is 1.74 bits per heavy atom. The molecule has 2 atom stereocenters. The number of carboxylic acids is 1. The molecule has 206 valence electrons. The molecule has 2 aromatic rings. The van der Waals surface area contributed by atoms with E-state index in [4.69, 9.17) is 4.74 Å². The lowest BCUT2D eigenvalue weighted by Crippen LogP contribution is -2.56. The molecule has 3 rings (SSSR count). The molecule has 3 amide bonds. The molecular formula is C27H31N5O7. The van der Waals surface area contributed by atoms with Crippen LogP contribution in [0.3, 0.4) is 0 Å². The molecule has 2 unspecified atom stereocenters. The second kappa shape index (κ2) is 13.9. The standard InChI is InChI=1S/C27H31N5O7/c1-3-39-27(38)32-15-13-31(14-16-32)26(37)21(11-12-23(34)35)30-25(36)22-17-20(10-9-18(2)33)28-24(29-22)19-7-5-4-6-8-19/h4-8,17-18,21,33H,3,11-16H2,1-2H3,(H,30,36)(H,34,35). The van der Waals surface area contributed by atoms with Crippen molar-refractivity contribution in [1.82, 2.24) is 25.1 Å². The summed E-state index contributed by atoms with van der Waals surface area (Å²) in [7, 11) is 0. The topological polar surface area (TPSA) is 162 Å². The van der Waals surface area contributed by atoms with Crippen molar-refractivity contribution >= 4 is 23.9 Å². The van der Waals surface area contributed by atoms with Gasteiger partial charge in [-0.3, -0.25) is 14.4 Å². The van der Waals surface area contributed by atoms with Gasteiger partial charge in [0.25, 0.3) is 5.91 Å². The third-order valence-corrected chi connectivity index (χ3v) is 5.77. The lowest BCUT2D eigenvalue weighted by Gasteiger charge is -2.35. The zero-order chi connectivity index (χ0) is 28.4. The molecule has 1 aliphatic heterocycles. The zero-order valence-corrected chi connectivity index (χ0v) is 21.8. The van der Waals surface area contributed by atoms with Crippen molar-refractivity contribution in [3.63, 3.8) is 0 Å². The summed E-state index contributed by atoms with van der Waals surface area (Å²) < 4.78 is 5.00. The number of aromatic nitrogens is 2. The highest BCUT2D eigenvalue weighted by Crippen LogP contribution is 2.16. The van der Waals surface area contributed by atoms with Gasteiger partial charge in [0.2, 0.25) is 5.91 Å². The van der Waals surface area contributed by atoms with Crippen molar-refractivity contribution in [2.75, 3.05) is 32.8 Å². The fourth-order valence-electron chi connectivity index (χ4n) is 3.82. The largest absolute Gasteiger partial charge is 0.481 e. The summed E-state index contributed by atoms with van der Waals surface area (Å²) >= 11 is 0. The Morgan fingerprint density at radius 3 is 2.36 bits per heavy atom. The fraction of sp³-hybridized carbons (Fsp3) is 0.407. The maximum Gasteiger partial charge on any atom is 0.409 e. The number of rotatable bonds is 8. The maximum atomic E-state index is 13.3. The first-order chi connectivity index (χ1) is 18.7. The number of carboxylic acid groups (broad SMARTS) is 1. The van der Waals surface area contributed by atoms with Crippen LogP contribution in [0.15, 0.2) is 36.4 Å². The van der Waals surface area contributed by atoms with Gasteiger partial charge in [-0.15, -0.1) is 0 Å². The monoisotopic (exact) mass is 537 g/mol. The van der Waals surface area contributed by atoms with Gasteiger partial charge >= 0.3 is 12.1 Å². The average Bonchev–Trinajstić information content (AvgIpc) is 2.94. The first-order valence-electron chi connectivity index (χ1n) is 12.5. The average molecular weight is 538 g/mol. The number of carbonyl (C=O) groups is 4. The van der Waals surface area contributed by atoms with Crippen molar-refractivity contribution in [3.8, 4) is 23.2 Å². The summed E-state index contributed by atoms with van der Waals surface area (Å²) in [6, 6.07) is 9.12. The smallest absolute Gasteiger partial charge is 0.409 e. The van der Waals surface area contributed by atoms with E-state index in [1.165, 1.54) is 22.8 Å². The number of piperazine rings is 1. The van der Waals surface area contributed by atoms with E-state index in [9.17, 15) is 29.4 Å². The highest BCUT2D eigenvalue weighted by atomic mass is 16.6. The van der Waals surface area contributed by atoms with Gasteiger partial charge in [0.15, 0.2) is 5.82 Å². The van der Waals surface area contributed by atoms with E-state index in [2.05, 4.69) is 27.1 Å². The Hall–Kier alpha value is -4.50. The van der Waals surface area contributed by atoms with Crippen LogP contribution in [0.4, 0.5) is 4.79 Å². The predicted molar refractivity (Wildman–Crippen MR) is 139 cm³/mol. The SMILES string of the molecule is CCOC(=O)N1CCN(C(=O)C(CCC(=O)O)NC(=O)c2cc(C#CC(C)O)nc(-c3ccccc3)n2)CC1. The number of amides is 3. The summed E-state index contributed by atoms with van der Waals surface area (Å²) in [5.41, 5.74) is 0.752. The number of ether oxygens (including phenoxy) is 1. The number of aliphatic carboxylic acids is 1. The number of hydrogen-bond donors (Lipinski definition) is 3. The van der Waals surface area contributed by atoms with Crippen molar-refractivity contribution in [1.29, 1.82) is 0 Å². The molecule has 0 radical (unpaired) electrons. The quantitative estimate of drug-likeness (QED) is 0.419. The van der Waals surface area contributed by atoms with Crippen LogP contribution in [0.1, 0.15) is 42.9 Å². The molecule has 0 saturated carbocycles. The third kappa shape index (κ3) is 8.51. The molecule has 0 spiro atoms. The second-order valence-electron chi connectivity index (χ2n) is 8.74. The molecule has 0 bridgehead atoms. The molecule has 1 fully saturated rings. The van der Waals surface area contributed by atoms with Crippen LogP contribution in [-0.2, 0) is 14.3 Å². The summed E-state index contributed by atoms with van der Waals surface area (Å²) in [5, 5.41) is 21.4. The zero-order valence-electron chi connectivity index (χ0n) is 21.8. The van der Waals surface area contributed by atoms with Gasteiger partial charge in [-0.1, -0.05) is 36.3 Å². The molecule has 39 heavy (non-hydrogen) atoms. The molecule has 12 nitrogen and oxygen atoms in total.